The number of nitrogens with two attached hydrogens (primary N) is 1. The molecule has 302 valence electrons. The highest BCUT2D eigenvalue weighted by Gasteiger charge is 2.38. The van der Waals surface area contributed by atoms with E-state index in [0.29, 0.717) is 17.5 Å². The molecule has 4 rings (SSSR count). The lowest BCUT2D eigenvalue weighted by atomic mass is 9.98. The van der Waals surface area contributed by atoms with E-state index >= 15 is 0 Å². The molecule has 3 aromatic rings. The number of aryl methyl sites for hydroxylation is 2. The summed E-state index contributed by atoms with van der Waals surface area (Å²) in [4.78, 5) is 38.0. The summed E-state index contributed by atoms with van der Waals surface area (Å²) in [6.45, 7) is 5.49. The molecule has 9 nitrogen and oxygen atoms in total. The molecule has 3 aromatic carbocycles. The summed E-state index contributed by atoms with van der Waals surface area (Å²) >= 11 is 5.63. The first kappa shape index (κ1) is 45.7. The van der Waals surface area contributed by atoms with Gasteiger partial charge in [0.15, 0.2) is 5.12 Å². The van der Waals surface area contributed by atoms with Crippen LogP contribution in [0.3, 0.4) is 0 Å². The first-order valence-electron chi connectivity index (χ1n) is 19.4. The molecule has 0 saturated heterocycles. The Morgan fingerprint density at radius 1 is 0.673 bits per heavy atom. The number of unbranched alkanes of at least 4 members (excludes halogenated alkanes) is 6. The Morgan fingerprint density at radius 2 is 1.09 bits per heavy atom. The molecule has 2 unspecified atom stereocenters. The quantitative estimate of drug-likeness (QED) is 0.0584. The fourth-order valence-electron chi connectivity index (χ4n) is 6.89. The second-order valence-electron chi connectivity index (χ2n) is 14.1. The molecule has 1 aliphatic rings. The van der Waals surface area contributed by atoms with E-state index in [9.17, 15) is 14.4 Å². The van der Waals surface area contributed by atoms with Gasteiger partial charge in [-0.3, -0.25) is 19.3 Å². The summed E-state index contributed by atoms with van der Waals surface area (Å²) in [7, 11) is 6.72. The van der Waals surface area contributed by atoms with Gasteiger partial charge in [-0.1, -0.05) is 49.6 Å². The Kier molecular flexibility index (Phi) is 20.0. The largest absolute Gasteiger partial charge is 0.496 e. The van der Waals surface area contributed by atoms with Gasteiger partial charge in [0.25, 0.3) is 11.8 Å². The van der Waals surface area contributed by atoms with Crippen molar-refractivity contribution in [3.05, 3.63) is 81.9 Å². The highest BCUT2D eigenvalue weighted by molar-refractivity contribution is 8.13. The molecule has 2 N–H and O–H groups in total. The van der Waals surface area contributed by atoms with E-state index in [1.165, 1.54) is 47.9 Å². The summed E-state index contributed by atoms with van der Waals surface area (Å²) in [6.07, 6.45) is 12.2. The molecule has 0 bridgehead atoms. The zero-order chi connectivity index (χ0) is 40.3. The molecule has 0 aromatic heterocycles. The number of benzene rings is 3. The van der Waals surface area contributed by atoms with Gasteiger partial charge in [-0.2, -0.15) is 12.6 Å². The second kappa shape index (κ2) is 24.1. The summed E-state index contributed by atoms with van der Waals surface area (Å²) in [5.74, 6) is 4.73. The lowest BCUT2D eigenvalue weighted by molar-refractivity contribution is -0.109. The Bertz CT molecular complexity index is 1660. The van der Waals surface area contributed by atoms with Crippen molar-refractivity contribution in [3.8, 4) is 23.0 Å². The number of carbonyl (C=O) groups is 3. The number of carbonyl (C=O) groups excluding carboxylic acids is 3. The van der Waals surface area contributed by atoms with Crippen LogP contribution in [0.4, 0.5) is 0 Å². The van der Waals surface area contributed by atoms with Crippen molar-refractivity contribution in [2.75, 3.05) is 39.9 Å². The molecule has 1 aliphatic heterocycles. The van der Waals surface area contributed by atoms with Crippen LogP contribution in [0.1, 0.15) is 115 Å². The van der Waals surface area contributed by atoms with Gasteiger partial charge in [-0.25, -0.2) is 0 Å². The normalized spacial score (nSPS) is 13.1. The Labute approximate surface area is 338 Å². The zero-order valence-electron chi connectivity index (χ0n) is 33.9. The molecule has 0 fully saturated rings. The Balaban J connectivity index is 0.000000332. The molecule has 0 spiro atoms. The second-order valence-corrected chi connectivity index (χ2v) is 15.8. The van der Waals surface area contributed by atoms with Gasteiger partial charge in [0.1, 0.15) is 23.0 Å². The maximum Gasteiger partial charge on any atom is 0.261 e. The SMILES string of the molecule is COc1cc(CC(C)N)c(OC)cc1CCCCCCS.COc1cc(CC(C)N2C(=O)c3ccccc3C2=O)c(OC)cc1CCCCCCSC(C)=O. The molecule has 0 saturated carbocycles. The van der Waals surface area contributed by atoms with Crippen molar-refractivity contribution < 1.29 is 33.3 Å². The summed E-state index contributed by atoms with van der Waals surface area (Å²) in [6, 6.07) is 14.9. The fraction of sp³-hybridized carbons (Fsp3) is 0.523. The van der Waals surface area contributed by atoms with Crippen molar-refractivity contribution in [2.45, 2.75) is 110 Å². The van der Waals surface area contributed by atoms with E-state index in [4.69, 9.17) is 24.7 Å². The molecule has 2 atom stereocenters. The van der Waals surface area contributed by atoms with E-state index < -0.39 is 0 Å². The van der Waals surface area contributed by atoms with E-state index in [1.54, 1.807) is 59.6 Å². The summed E-state index contributed by atoms with van der Waals surface area (Å²) < 4.78 is 22.4. The predicted octanol–water partition coefficient (Wildman–Crippen LogP) is 8.94. The number of rotatable bonds is 22. The number of ether oxygens (including phenoxy) is 4. The maximum absolute atomic E-state index is 12.8. The number of thioether (sulfide) groups is 1. The zero-order valence-corrected chi connectivity index (χ0v) is 35.6. The molecule has 0 aliphatic carbocycles. The molecule has 11 heteroatoms. The molecular weight excluding hydrogens is 733 g/mol. The Hall–Kier alpha value is -3.67. The minimum atomic E-state index is -0.329. The lowest BCUT2D eigenvalue weighted by Gasteiger charge is -2.24. The van der Waals surface area contributed by atoms with Crippen molar-refractivity contribution in [3.63, 3.8) is 0 Å². The highest BCUT2D eigenvalue weighted by atomic mass is 32.2. The van der Waals surface area contributed by atoms with Crippen LogP contribution in [-0.4, -0.2) is 73.9 Å². The van der Waals surface area contributed by atoms with E-state index in [-0.39, 0.29) is 29.0 Å². The van der Waals surface area contributed by atoms with E-state index in [1.807, 2.05) is 26.0 Å². The smallest absolute Gasteiger partial charge is 0.261 e. The minimum Gasteiger partial charge on any atom is -0.496 e. The van der Waals surface area contributed by atoms with Crippen LogP contribution in [0.5, 0.6) is 23.0 Å². The number of nitrogens with zero attached hydrogens (tertiary/aromatic N) is 1. The predicted molar refractivity (Wildman–Crippen MR) is 228 cm³/mol. The highest BCUT2D eigenvalue weighted by Crippen LogP contribution is 2.34. The van der Waals surface area contributed by atoms with Gasteiger partial charge in [-0.15, -0.1) is 0 Å². The number of thiol groups is 1. The van der Waals surface area contributed by atoms with Crippen molar-refractivity contribution >= 4 is 41.3 Å². The van der Waals surface area contributed by atoms with Crippen LogP contribution in [0.15, 0.2) is 48.5 Å². The van der Waals surface area contributed by atoms with Crippen LogP contribution < -0.4 is 24.7 Å². The first-order valence-corrected chi connectivity index (χ1v) is 21.0. The van der Waals surface area contributed by atoms with Gasteiger partial charge >= 0.3 is 0 Å². The van der Waals surface area contributed by atoms with Crippen molar-refractivity contribution in [2.24, 2.45) is 5.73 Å². The van der Waals surface area contributed by atoms with Crippen LogP contribution in [0.25, 0.3) is 0 Å². The van der Waals surface area contributed by atoms with Crippen LogP contribution in [-0.2, 0) is 30.5 Å². The molecular formula is C44H62N2O7S2. The number of methoxy groups -OCH3 is 4. The number of amides is 2. The summed E-state index contributed by atoms with van der Waals surface area (Å²) in [5, 5.41) is 0.175. The molecule has 1 heterocycles. The van der Waals surface area contributed by atoms with Crippen LogP contribution in [0.2, 0.25) is 0 Å². The maximum atomic E-state index is 12.8. The lowest BCUT2D eigenvalue weighted by Crippen LogP contribution is -2.39. The average Bonchev–Trinajstić information content (AvgIpc) is 3.43. The average molecular weight is 795 g/mol. The van der Waals surface area contributed by atoms with Crippen molar-refractivity contribution in [1.82, 2.24) is 4.90 Å². The van der Waals surface area contributed by atoms with Gasteiger partial charge in [0.2, 0.25) is 0 Å². The Morgan fingerprint density at radius 3 is 1.53 bits per heavy atom. The minimum absolute atomic E-state index is 0.107. The number of hydrogen-bond donors (Lipinski definition) is 2. The van der Waals surface area contributed by atoms with Gasteiger partial charge < -0.3 is 24.7 Å². The first-order chi connectivity index (χ1) is 26.5. The number of fused-ring (bicyclic) bond motifs is 1. The number of hydrogen-bond acceptors (Lipinski definition) is 10. The number of imide groups is 1. The van der Waals surface area contributed by atoms with Gasteiger partial charge in [0.05, 0.1) is 39.6 Å². The van der Waals surface area contributed by atoms with Gasteiger partial charge in [0, 0.05) is 24.8 Å². The van der Waals surface area contributed by atoms with Gasteiger partial charge in [-0.05, 0) is 130 Å². The third-order valence-corrected chi connectivity index (χ3v) is 10.9. The topological polar surface area (TPSA) is 117 Å². The summed E-state index contributed by atoms with van der Waals surface area (Å²) in [5.41, 5.74) is 11.1. The monoisotopic (exact) mass is 794 g/mol. The molecule has 2 amide bonds. The third-order valence-electron chi connectivity index (χ3n) is 9.69. The molecule has 55 heavy (non-hydrogen) atoms. The van der Waals surface area contributed by atoms with Crippen molar-refractivity contribution in [1.29, 1.82) is 0 Å². The molecule has 0 radical (unpaired) electrons. The van der Waals surface area contributed by atoms with E-state index in [2.05, 4.69) is 24.8 Å². The van der Waals surface area contributed by atoms with Crippen LogP contribution >= 0.6 is 24.4 Å². The third kappa shape index (κ3) is 13.8. The van der Waals surface area contributed by atoms with E-state index in [0.717, 1.165) is 96.1 Å². The van der Waals surface area contributed by atoms with Crippen LogP contribution in [0, 0.1) is 0 Å². The standard InChI is InChI=1S/C27H33NO5S.C17H29NO2S/c1-18(28-26(30)22-12-8-9-13-23(22)27(28)31)15-21-17-24(32-3)20(16-25(21)33-4)11-7-5-6-10-14-34-19(2)29;1-13(18)10-15-12-16(19-2)14(11-17(15)20-3)8-6-4-5-7-9-21/h8-9,12-13,16-18H,5-7,10-11,14-15H2,1-4H3;11-13,21H,4-10,18H2,1-3H3. The fourth-order valence-corrected chi connectivity index (χ4v) is 7.75.